The largest absolute Gasteiger partial charge is 0.443 e. The first-order valence-electron chi connectivity index (χ1n) is 10.4. The molecule has 0 aromatic carbocycles. The molecule has 1 saturated heterocycles. The summed E-state index contributed by atoms with van der Waals surface area (Å²) in [6.07, 6.45) is 6.14. The number of pyridine rings is 1. The molecule has 152 valence electrons. The van der Waals surface area contributed by atoms with Crippen molar-refractivity contribution in [2.24, 2.45) is 0 Å². The minimum atomic E-state index is -0.525. The van der Waals surface area contributed by atoms with Crippen LogP contribution >= 0.6 is 0 Å². The molecule has 2 atom stereocenters. The Kier molecular flexibility index (Phi) is 7.26. The number of aromatic nitrogens is 1. The molecule has 1 aliphatic heterocycles. The number of piperidine rings is 1. The number of carbonyl (C=O) groups is 1. The molecule has 0 saturated carbocycles. The molecule has 0 N–H and O–H groups in total. The highest BCUT2D eigenvalue weighted by Gasteiger charge is 2.29. The average molecular weight is 376 g/mol. The molecule has 2 heterocycles. The van der Waals surface area contributed by atoms with Gasteiger partial charge in [0.1, 0.15) is 11.4 Å². The molecule has 2 rings (SSSR count). The van der Waals surface area contributed by atoms with Crippen molar-refractivity contribution < 1.29 is 9.53 Å². The molecule has 1 aromatic heterocycles. The Morgan fingerprint density at radius 1 is 1.30 bits per heavy atom. The minimum Gasteiger partial charge on any atom is -0.443 e. The highest BCUT2D eigenvalue weighted by atomic mass is 16.6. The number of anilines is 1. The Labute approximate surface area is 165 Å². The summed E-state index contributed by atoms with van der Waals surface area (Å²) in [5, 5.41) is 0. The maximum atomic E-state index is 12.7. The molecule has 1 aromatic rings. The van der Waals surface area contributed by atoms with Crippen LogP contribution in [-0.4, -0.2) is 40.2 Å². The van der Waals surface area contributed by atoms with Crippen molar-refractivity contribution in [3.63, 3.8) is 0 Å². The van der Waals surface area contributed by atoms with E-state index in [0.717, 1.165) is 13.0 Å². The fourth-order valence-corrected chi connectivity index (χ4v) is 3.66. The first kappa shape index (κ1) is 21.7. The van der Waals surface area contributed by atoms with Crippen LogP contribution in [-0.2, 0) is 4.74 Å². The second kappa shape index (κ2) is 9.05. The molecule has 1 amide bonds. The van der Waals surface area contributed by atoms with Crippen LogP contribution in [0.15, 0.2) is 18.3 Å². The fraction of sp³-hybridized carbons (Fsp3) is 0.727. The van der Waals surface area contributed by atoms with Crippen molar-refractivity contribution >= 4 is 11.9 Å². The molecular weight excluding hydrogens is 338 g/mol. The summed E-state index contributed by atoms with van der Waals surface area (Å²) < 4.78 is 5.61. The van der Waals surface area contributed by atoms with Crippen LogP contribution in [0.3, 0.4) is 0 Å². The lowest BCUT2D eigenvalue weighted by molar-refractivity contribution is 0.0566. The van der Waals surface area contributed by atoms with E-state index in [0.29, 0.717) is 17.9 Å². The van der Waals surface area contributed by atoms with Gasteiger partial charge in [0.05, 0.1) is 0 Å². The lowest BCUT2D eigenvalue weighted by Gasteiger charge is -2.39. The molecule has 5 nitrogen and oxygen atoms in total. The zero-order valence-electron chi connectivity index (χ0n) is 18.2. The summed E-state index contributed by atoms with van der Waals surface area (Å²) >= 11 is 0. The van der Waals surface area contributed by atoms with E-state index < -0.39 is 5.60 Å². The normalized spacial score (nSPS) is 19.8. The van der Waals surface area contributed by atoms with Gasteiger partial charge in [0.15, 0.2) is 0 Å². The molecule has 5 heteroatoms. The van der Waals surface area contributed by atoms with Gasteiger partial charge in [-0.3, -0.25) is 9.80 Å². The Bertz CT molecular complexity index is 607. The maximum absolute atomic E-state index is 12.7. The minimum absolute atomic E-state index is 0.0278. The second-order valence-corrected chi connectivity index (χ2v) is 8.90. The van der Waals surface area contributed by atoms with E-state index in [1.165, 1.54) is 24.8 Å². The molecular formula is C22H37N3O2. The number of rotatable bonds is 5. The van der Waals surface area contributed by atoms with Gasteiger partial charge < -0.3 is 4.74 Å². The van der Waals surface area contributed by atoms with Gasteiger partial charge in [0, 0.05) is 24.3 Å². The Balaban J connectivity index is 2.25. The van der Waals surface area contributed by atoms with Crippen LogP contribution in [0.2, 0.25) is 0 Å². The number of hydrogen-bond donors (Lipinski definition) is 0. The third-order valence-corrected chi connectivity index (χ3v) is 5.23. The van der Waals surface area contributed by atoms with Crippen molar-refractivity contribution in [3.05, 3.63) is 23.9 Å². The molecule has 0 bridgehead atoms. The molecule has 27 heavy (non-hydrogen) atoms. The van der Waals surface area contributed by atoms with E-state index in [1.807, 2.05) is 40.0 Å². The van der Waals surface area contributed by atoms with E-state index in [4.69, 9.17) is 4.74 Å². The van der Waals surface area contributed by atoms with E-state index >= 15 is 0 Å². The summed E-state index contributed by atoms with van der Waals surface area (Å²) in [6.45, 7) is 15.4. The van der Waals surface area contributed by atoms with Gasteiger partial charge in [-0.2, -0.15) is 0 Å². The van der Waals surface area contributed by atoms with Crippen LogP contribution in [0.5, 0.6) is 0 Å². The third-order valence-electron chi connectivity index (χ3n) is 5.23. The average Bonchev–Trinajstić information content (AvgIpc) is 2.60. The van der Waals surface area contributed by atoms with Gasteiger partial charge in [0.25, 0.3) is 0 Å². The van der Waals surface area contributed by atoms with E-state index in [1.54, 1.807) is 4.90 Å². The number of hydrogen-bond acceptors (Lipinski definition) is 4. The van der Waals surface area contributed by atoms with Gasteiger partial charge >= 0.3 is 6.09 Å². The number of amides is 1. The highest BCUT2D eigenvalue weighted by molar-refractivity contribution is 5.87. The van der Waals surface area contributed by atoms with Gasteiger partial charge in [-0.05, 0) is 79.0 Å². The number of nitrogens with zero attached hydrogens (tertiary/aromatic N) is 3. The Morgan fingerprint density at radius 3 is 2.52 bits per heavy atom. The second-order valence-electron chi connectivity index (χ2n) is 8.90. The quantitative estimate of drug-likeness (QED) is 0.676. The van der Waals surface area contributed by atoms with Gasteiger partial charge in [-0.15, -0.1) is 0 Å². The number of likely N-dealkylation sites (tertiary alicyclic amines) is 1. The standard InChI is InChI=1S/C22H37N3O2/c1-8-17(4)25(21(26)27-22(5,6)7)20-13-12-18(15-23-20)19-11-9-10-14-24(19)16(2)3/h12-13,15-17,19H,8-11,14H2,1-7H3/t17-,19-/m1/s1. The van der Waals surface area contributed by atoms with E-state index in [2.05, 4.69) is 36.7 Å². The molecule has 0 unspecified atom stereocenters. The van der Waals surface area contributed by atoms with Crippen LogP contribution in [0.1, 0.15) is 85.8 Å². The summed E-state index contributed by atoms with van der Waals surface area (Å²) in [5.41, 5.74) is 0.711. The fourth-order valence-electron chi connectivity index (χ4n) is 3.66. The van der Waals surface area contributed by atoms with Crippen molar-refractivity contribution in [2.75, 3.05) is 11.4 Å². The Morgan fingerprint density at radius 2 is 2.00 bits per heavy atom. The summed E-state index contributed by atoms with van der Waals surface area (Å²) in [5.74, 6) is 0.661. The topological polar surface area (TPSA) is 45.7 Å². The van der Waals surface area contributed by atoms with Gasteiger partial charge in [-0.25, -0.2) is 9.78 Å². The monoisotopic (exact) mass is 375 g/mol. The van der Waals surface area contributed by atoms with Crippen molar-refractivity contribution in [3.8, 4) is 0 Å². The lowest BCUT2D eigenvalue weighted by atomic mass is 9.95. The Hall–Kier alpha value is -1.62. The summed E-state index contributed by atoms with van der Waals surface area (Å²) in [6, 6.07) is 5.07. The molecule has 1 aliphatic rings. The molecule has 0 aliphatic carbocycles. The zero-order valence-corrected chi connectivity index (χ0v) is 18.2. The summed E-state index contributed by atoms with van der Waals surface area (Å²) in [7, 11) is 0. The number of ether oxygens (including phenoxy) is 1. The predicted molar refractivity (Wildman–Crippen MR) is 111 cm³/mol. The maximum Gasteiger partial charge on any atom is 0.416 e. The van der Waals surface area contributed by atoms with Crippen molar-refractivity contribution in [1.82, 2.24) is 9.88 Å². The zero-order chi connectivity index (χ0) is 20.2. The van der Waals surface area contributed by atoms with E-state index in [-0.39, 0.29) is 12.1 Å². The SMILES string of the molecule is CC[C@@H](C)N(C(=O)OC(C)(C)C)c1ccc([C@H]2CCCCN2C(C)C)cn1. The van der Waals surface area contributed by atoms with Gasteiger partial charge in [0.2, 0.25) is 0 Å². The first-order chi connectivity index (χ1) is 12.6. The molecule has 1 fully saturated rings. The van der Waals surface area contributed by atoms with Crippen LogP contribution in [0, 0.1) is 0 Å². The summed E-state index contributed by atoms with van der Waals surface area (Å²) in [4.78, 5) is 21.6. The van der Waals surface area contributed by atoms with E-state index in [9.17, 15) is 4.79 Å². The first-order valence-corrected chi connectivity index (χ1v) is 10.4. The van der Waals surface area contributed by atoms with Crippen LogP contribution in [0.4, 0.5) is 10.6 Å². The molecule has 0 radical (unpaired) electrons. The third kappa shape index (κ3) is 5.68. The number of carbonyl (C=O) groups excluding carboxylic acids is 1. The highest BCUT2D eigenvalue weighted by Crippen LogP contribution is 2.33. The van der Waals surface area contributed by atoms with Crippen LogP contribution < -0.4 is 4.90 Å². The van der Waals surface area contributed by atoms with Crippen molar-refractivity contribution in [1.29, 1.82) is 0 Å². The van der Waals surface area contributed by atoms with Gasteiger partial charge in [-0.1, -0.05) is 19.4 Å². The van der Waals surface area contributed by atoms with Crippen molar-refractivity contribution in [2.45, 2.75) is 97.9 Å². The lowest BCUT2D eigenvalue weighted by Crippen LogP contribution is -2.42. The van der Waals surface area contributed by atoms with Crippen LogP contribution in [0.25, 0.3) is 0 Å². The predicted octanol–water partition coefficient (Wildman–Crippen LogP) is 5.56. The molecule has 0 spiro atoms. The smallest absolute Gasteiger partial charge is 0.416 e.